The molecule has 0 unspecified atom stereocenters. The van der Waals surface area contributed by atoms with Gasteiger partial charge >= 0.3 is 6.09 Å². The van der Waals surface area contributed by atoms with E-state index in [9.17, 15) is 4.79 Å². The van der Waals surface area contributed by atoms with Crippen molar-refractivity contribution in [3.8, 4) is 0 Å². The molecule has 6 heteroatoms. The van der Waals surface area contributed by atoms with Crippen LogP contribution in [0.4, 0.5) is 16.3 Å². The molecule has 1 aromatic rings. The molecule has 114 valence electrons. The minimum atomic E-state index is -1.06. The summed E-state index contributed by atoms with van der Waals surface area (Å²) in [4.78, 5) is 19.8. The molecule has 1 saturated carbocycles. The predicted octanol–water partition coefficient (Wildman–Crippen LogP) is 2.24. The molecule has 1 amide bonds. The fraction of sp³-hybridized carbons (Fsp3) is 0.600. The van der Waals surface area contributed by atoms with Gasteiger partial charge in [-0.15, -0.1) is 0 Å². The summed E-state index contributed by atoms with van der Waals surface area (Å²) in [6.45, 7) is 4.19. The third kappa shape index (κ3) is 3.44. The first kappa shape index (κ1) is 14.1. The molecule has 2 heterocycles. The van der Waals surface area contributed by atoms with Crippen LogP contribution in [-0.2, 0) is 0 Å². The second kappa shape index (κ2) is 6.30. The molecule has 0 bridgehead atoms. The van der Waals surface area contributed by atoms with Gasteiger partial charge in [0.25, 0.3) is 0 Å². The van der Waals surface area contributed by atoms with Crippen LogP contribution >= 0.6 is 0 Å². The Morgan fingerprint density at radius 3 is 2.48 bits per heavy atom. The molecule has 0 aromatic carbocycles. The second-order valence-electron chi connectivity index (χ2n) is 5.80. The summed E-state index contributed by atoms with van der Waals surface area (Å²) in [6, 6.07) is 4.44. The molecule has 2 N–H and O–H groups in total. The maximum Gasteiger partial charge on any atom is 0.409 e. The number of carboxylic acid groups (broad SMARTS) is 1. The van der Waals surface area contributed by atoms with Gasteiger partial charge in [0.2, 0.25) is 0 Å². The quantitative estimate of drug-likeness (QED) is 0.893. The number of hydrogen-bond acceptors (Lipinski definition) is 4. The molecule has 1 saturated heterocycles. The lowest BCUT2D eigenvalue weighted by Crippen LogP contribution is -2.49. The molecule has 1 aromatic heterocycles. The van der Waals surface area contributed by atoms with Gasteiger partial charge in [0, 0.05) is 32.2 Å². The van der Waals surface area contributed by atoms with Crippen molar-refractivity contribution in [2.75, 3.05) is 36.4 Å². The Labute approximate surface area is 124 Å². The maximum atomic E-state index is 10.6. The third-order valence-corrected chi connectivity index (χ3v) is 4.48. The van der Waals surface area contributed by atoms with Crippen LogP contribution in [0.15, 0.2) is 18.3 Å². The normalized spacial score (nSPS) is 20.7. The molecule has 2 fully saturated rings. The highest BCUT2D eigenvalue weighted by molar-refractivity contribution is 5.82. The molecule has 1 aliphatic carbocycles. The van der Waals surface area contributed by atoms with Crippen molar-refractivity contribution in [1.82, 2.24) is 9.88 Å². The van der Waals surface area contributed by atoms with Gasteiger partial charge in [-0.2, -0.15) is 0 Å². The molecular formula is C15H22N4O2. The van der Waals surface area contributed by atoms with Crippen LogP contribution in [-0.4, -0.2) is 53.3 Å². The summed E-state index contributed by atoms with van der Waals surface area (Å²) in [5, 5.41) is 11.0. The van der Waals surface area contributed by atoms with Crippen molar-refractivity contribution in [2.24, 2.45) is 0 Å². The lowest BCUT2D eigenvalue weighted by molar-refractivity contribution is 0.187. The molecule has 0 atom stereocenters. The van der Waals surface area contributed by atoms with E-state index in [1.807, 2.05) is 6.07 Å². The predicted molar refractivity (Wildman–Crippen MR) is 81.9 cm³/mol. The number of hydrogen-bond donors (Lipinski definition) is 2. The molecule has 0 radical (unpaired) electrons. The van der Waals surface area contributed by atoms with E-state index in [2.05, 4.69) is 20.1 Å². The Hall–Kier alpha value is -1.82. The first-order valence-corrected chi connectivity index (χ1v) is 7.67. The first-order chi connectivity index (χ1) is 10.2. The molecule has 2 aliphatic rings. The standard InChI is InChI=1S/C15H22N4O2/c20-15(21)17-12-5-6-14(16-11-12)19-9-7-18(8-10-19)13-3-1-2-4-13/h5-6,11,13,17H,1-4,7-10H2,(H,20,21). The van der Waals surface area contributed by atoms with Gasteiger partial charge in [-0.1, -0.05) is 12.8 Å². The zero-order valence-corrected chi connectivity index (χ0v) is 12.2. The number of nitrogens with zero attached hydrogens (tertiary/aromatic N) is 3. The van der Waals surface area contributed by atoms with E-state index >= 15 is 0 Å². The zero-order valence-electron chi connectivity index (χ0n) is 12.2. The van der Waals surface area contributed by atoms with Gasteiger partial charge in [0.05, 0.1) is 11.9 Å². The average molecular weight is 290 g/mol. The van der Waals surface area contributed by atoms with Crippen molar-refractivity contribution < 1.29 is 9.90 Å². The van der Waals surface area contributed by atoms with E-state index in [0.717, 1.165) is 38.0 Å². The first-order valence-electron chi connectivity index (χ1n) is 7.67. The Bertz CT molecular complexity index is 477. The molecule has 21 heavy (non-hydrogen) atoms. The number of nitrogens with one attached hydrogen (secondary N) is 1. The lowest BCUT2D eigenvalue weighted by atomic mass is 10.2. The van der Waals surface area contributed by atoms with Crippen molar-refractivity contribution >= 4 is 17.6 Å². The highest BCUT2D eigenvalue weighted by Gasteiger charge is 2.26. The summed E-state index contributed by atoms with van der Waals surface area (Å²) >= 11 is 0. The molecular weight excluding hydrogens is 268 g/mol. The maximum absolute atomic E-state index is 10.6. The van der Waals surface area contributed by atoms with E-state index in [1.54, 1.807) is 12.3 Å². The van der Waals surface area contributed by atoms with Crippen molar-refractivity contribution in [1.29, 1.82) is 0 Å². The fourth-order valence-corrected chi connectivity index (χ4v) is 3.36. The Balaban J connectivity index is 1.55. The summed E-state index contributed by atoms with van der Waals surface area (Å²) in [7, 11) is 0. The van der Waals surface area contributed by atoms with Crippen LogP contribution in [0.1, 0.15) is 25.7 Å². The van der Waals surface area contributed by atoms with E-state index in [0.29, 0.717) is 5.69 Å². The number of amides is 1. The summed E-state index contributed by atoms with van der Waals surface area (Å²) in [5.74, 6) is 0.928. The van der Waals surface area contributed by atoms with Crippen molar-refractivity contribution in [3.05, 3.63) is 18.3 Å². The Morgan fingerprint density at radius 1 is 1.19 bits per heavy atom. The van der Waals surface area contributed by atoms with E-state index in [1.165, 1.54) is 25.7 Å². The topological polar surface area (TPSA) is 68.7 Å². The summed E-state index contributed by atoms with van der Waals surface area (Å²) in [6.07, 6.45) is 5.98. The zero-order chi connectivity index (χ0) is 14.7. The molecule has 6 nitrogen and oxygen atoms in total. The van der Waals surface area contributed by atoms with Gasteiger partial charge in [0.15, 0.2) is 0 Å². The molecule has 0 spiro atoms. The highest BCUT2D eigenvalue weighted by Crippen LogP contribution is 2.25. The Morgan fingerprint density at radius 2 is 1.90 bits per heavy atom. The summed E-state index contributed by atoms with van der Waals surface area (Å²) in [5.41, 5.74) is 0.510. The van der Waals surface area contributed by atoms with Crippen molar-refractivity contribution in [3.63, 3.8) is 0 Å². The van der Waals surface area contributed by atoms with Crippen LogP contribution in [0, 0.1) is 0 Å². The lowest BCUT2D eigenvalue weighted by Gasteiger charge is -2.38. The smallest absolute Gasteiger partial charge is 0.409 e. The van der Waals surface area contributed by atoms with E-state index in [-0.39, 0.29) is 0 Å². The monoisotopic (exact) mass is 290 g/mol. The number of anilines is 2. The largest absolute Gasteiger partial charge is 0.465 e. The van der Waals surface area contributed by atoms with Crippen LogP contribution in [0.3, 0.4) is 0 Å². The fourth-order valence-electron chi connectivity index (χ4n) is 3.36. The minimum Gasteiger partial charge on any atom is -0.465 e. The minimum absolute atomic E-state index is 0.510. The van der Waals surface area contributed by atoms with Crippen LogP contribution < -0.4 is 10.2 Å². The number of pyridine rings is 1. The van der Waals surface area contributed by atoms with Gasteiger partial charge in [0.1, 0.15) is 5.82 Å². The number of aromatic nitrogens is 1. The van der Waals surface area contributed by atoms with E-state index < -0.39 is 6.09 Å². The average Bonchev–Trinajstić information content (AvgIpc) is 3.02. The van der Waals surface area contributed by atoms with Gasteiger partial charge in [-0.3, -0.25) is 10.2 Å². The number of rotatable bonds is 3. The highest BCUT2D eigenvalue weighted by atomic mass is 16.4. The van der Waals surface area contributed by atoms with E-state index in [4.69, 9.17) is 5.11 Å². The molecule has 1 aliphatic heterocycles. The van der Waals surface area contributed by atoms with Gasteiger partial charge in [-0.05, 0) is 25.0 Å². The third-order valence-electron chi connectivity index (χ3n) is 4.48. The van der Waals surface area contributed by atoms with Crippen LogP contribution in [0.2, 0.25) is 0 Å². The molecule has 3 rings (SSSR count). The SMILES string of the molecule is O=C(O)Nc1ccc(N2CCN(C3CCCC3)CC2)nc1. The van der Waals surface area contributed by atoms with Gasteiger partial charge in [-0.25, -0.2) is 9.78 Å². The van der Waals surface area contributed by atoms with Crippen LogP contribution in [0.5, 0.6) is 0 Å². The second-order valence-corrected chi connectivity index (χ2v) is 5.80. The number of carbonyl (C=O) groups is 1. The Kier molecular flexibility index (Phi) is 4.24. The van der Waals surface area contributed by atoms with Crippen molar-refractivity contribution in [2.45, 2.75) is 31.7 Å². The summed E-state index contributed by atoms with van der Waals surface area (Å²) < 4.78 is 0. The number of piperazine rings is 1. The van der Waals surface area contributed by atoms with Gasteiger partial charge < -0.3 is 10.0 Å². The van der Waals surface area contributed by atoms with Crippen LogP contribution in [0.25, 0.3) is 0 Å².